The van der Waals surface area contributed by atoms with E-state index in [1.54, 1.807) is 6.92 Å². The van der Waals surface area contributed by atoms with Gasteiger partial charge in [-0.3, -0.25) is 18.7 Å². The molecule has 2 N–H and O–H groups in total. The average Bonchev–Trinajstić information content (AvgIpc) is 2.60. The fourth-order valence-electron chi connectivity index (χ4n) is 2.50. The Balaban J connectivity index is 2.48. The second-order valence-corrected chi connectivity index (χ2v) is 5.98. The quantitative estimate of drug-likeness (QED) is 0.775. The van der Waals surface area contributed by atoms with Crippen LogP contribution in [0.2, 0.25) is 0 Å². The van der Waals surface area contributed by atoms with Crippen molar-refractivity contribution in [3.63, 3.8) is 0 Å². The van der Waals surface area contributed by atoms with Crippen LogP contribution in [0, 0.1) is 5.92 Å². The highest BCUT2D eigenvalue weighted by Gasteiger charge is 2.26. The number of carbonyl (C=O) groups excluding carboxylic acids is 1. The van der Waals surface area contributed by atoms with E-state index >= 15 is 0 Å². The molecule has 0 aliphatic heterocycles. The van der Waals surface area contributed by atoms with Crippen LogP contribution in [0.5, 0.6) is 0 Å². The maximum absolute atomic E-state index is 12.4. The van der Waals surface area contributed by atoms with Gasteiger partial charge in [-0.25, -0.2) is 14.6 Å². The molecule has 9 heteroatoms. The summed E-state index contributed by atoms with van der Waals surface area (Å²) in [7, 11) is 2.81. The molecule has 134 valence electrons. The average molecular weight is 348 g/mol. The van der Waals surface area contributed by atoms with Crippen molar-refractivity contribution in [2.75, 3.05) is 0 Å². The van der Waals surface area contributed by atoms with Gasteiger partial charge in [-0.15, -0.1) is 0 Å². The topological polar surface area (TPSA) is 123 Å². The molecular formula is C16H20N4O5. The van der Waals surface area contributed by atoms with E-state index in [-0.39, 0.29) is 22.5 Å². The number of rotatable bonds is 5. The number of pyridine rings is 1. The first-order valence-electron chi connectivity index (χ1n) is 7.78. The van der Waals surface area contributed by atoms with Gasteiger partial charge >= 0.3 is 11.7 Å². The van der Waals surface area contributed by atoms with Crippen molar-refractivity contribution in [3.05, 3.63) is 38.7 Å². The lowest BCUT2D eigenvalue weighted by atomic mass is 9.99. The van der Waals surface area contributed by atoms with Gasteiger partial charge in [0.1, 0.15) is 11.7 Å². The van der Waals surface area contributed by atoms with E-state index in [9.17, 15) is 24.3 Å². The first-order valence-corrected chi connectivity index (χ1v) is 7.78. The molecule has 0 bridgehead atoms. The zero-order valence-electron chi connectivity index (χ0n) is 14.4. The van der Waals surface area contributed by atoms with Crippen molar-refractivity contribution < 1.29 is 14.7 Å². The van der Waals surface area contributed by atoms with Crippen molar-refractivity contribution in [2.45, 2.75) is 26.3 Å². The number of nitrogens with one attached hydrogen (secondary N) is 1. The summed E-state index contributed by atoms with van der Waals surface area (Å²) in [5, 5.41) is 11.8. The Morgan fingerprint density at radius 1 is 1.28 bits per heavy atom. The van der Waals surface area contributed by atoms with Crippen molar-refractivity contribution >= 4 is 22.9 Å². The lowest BCUT2D eigenvalue weighted by Gasteiger charge is -2.20. The maximum Gasteiger partial charge on any atom is 0.332 e. The van der Waals surface area contributed by atoms with E-state index in [1.807, 2.05) is 6.92 Å². The number of fused-ring (bicyclic) bond motifs is 1. The van der Waals surface area contributed by atoms with Crippen LogP contribution in [-0.2, 0) is 18.9 Å². The molecule has 1 amide bonds. The molecule has 2 aromatic rings. The number of aliphatic carboxylic acids is 1. The summed E-state index contributed by atoms with van der Waals surface area (Å²) in [6, 6.07) is 0.269. The molecule has 0 unspecified atom stereocenters. The smallest absolute Gasteiger partial charge is 0.332 e. The number of amides is 1. The number of aromatic nitrogens is 3. The first-order chi connectivity index (χ1) is 11.7. The summed E-state index contributed by atoms with van der Waals surface area (Å²) < 4.78 is 2.13. The highest BCUT2D eigenvalue weighted by Crippen LogP contribution is 2.11. The van der Waals surface area contributed by atoms with Gasteiger partial charge in [0.15, 0.2) is 0 Å². The molecule has 25 heavy (non-hydrogen) atoms. The third-order valence-corrected chi connectivity index (χ3v) is 4.32. The van der Waals surface area contributed by atoms with Crippen molar-refractivity contribution in [2.24, 2.45) is 20.0 Å². The summed E-state index contributed by atoms with van der Waals surface area (Å²) in [5.41, 5.74) is -0.888. The highest BCUT2D eigenvalue weighted by atomic mass is 16.4. The largest absolute Gasteiger partial charge is 0.480 e. The summed E-state index contributed by atoms with van der Waals surface area (Å²) in [5.74, 6) is -2.03. The van der Waals surface area contributed by atoms with Gasteiger partial charge in [0, 0.05) is 20.3 Å². The Bertz CT molecular complexity index is 959. The van der Waals surface area contributed by atoms with E-state index < -0.39 is 29.2 Å². The normalized spacial score (nSPS) is 13.4. The molecule has 0 aliphatic rings. The minimum atomic E-state index is -1.13. The van der Waals surface area contributed by atoms with E-state index in [0.717, 1.165) is 4.57 Å². The molecule has 2 rings (SSSR count). The van der Waals surface area contributed by atoms with Gasteiger partial charge in [0.25, 0.3) is 11.5 Å². The molecule has 0 radical (unpaired) electrons. The van der Waals surface area contributed by atoms with Gasteiger partial charge in [-0.05, 0) is 12.0 Å². The zero-order chi connectivity index (χ0) is 18.9. The number of nitrogens with zero attached hydrogens (tertiary/aromatic N) is 3. The van der Waals surface area contributed by atoms with E-state index in [0.29, 0.717) is 6.42 Å². The third kappa shape index (κ3) is 3.30. The molecule has 9 nitrogen and oxygen atoms in total. The first kappa shape index (κ1) is 18.4. The second-order valence-electron chi connectivity index (χ2n) is 5.98. The van der Waals surface area contributed by atoms with Gasteiger partial charge in [0.05, 0.1) is 10.9 Å². The minimum Gasteiger partial charge on any atom is -0.480 e. The van der Waals surface area contributed by atoms with Gasteiger partial charge in [-0.1, -0.05) is 20.3 Å². The molecule has 0 saturated heterocycles. The van der Waals surface area contributed by atoms with Crippen LogP contribution >= 0.6 is 0 Å². The second kappa shape index (κ2) is 6.88. The third-order valence-electron chi connectivity index (χ3n) is 4.32. The van der Waals surface area contributed by atoms with Crippen LogP contribution in [0.3, 0.4) is 0 Å². The molecule has 2 aromatic heterocycles. The Labute approximate surface area is 142 Å². The molecule has 0 saturated carbocycles. The Morgan fingerprint density at radius 3 is 2.48 bits per heavy atom. The highest BCUT2D eigenvalue weighted by molar-refractivity contribution is 5.98. The van der Waals surface area contributed by atoms with Crippen molar-refractivity contribution in [3.8, 4) is 0 Å². The number of hydrogen-bond acceptors (Lipinski definition) is 5. The number of hydrogen-bond donors (Lipinski definition) is 2. The molecule has 0 fully saturated rings. The lowest BCUT2D eigenvalue weighted by Crippen LogP contribution is -2.45. The standard InChI is InChI=1S/C16H20N4O5/c1-5-8(2)11(15(23)24)18-13(21)9-6-10-12(17-7-9)19(3)16(25)20(4)14(10)22/h6-8,11H,5H2,1-4H3,(H,18,21)(H,23,24)/t8-,11-/m0/s1. The van der Waals surface area contributed by atoms with Crippen LogP contribution in [0.15, 0.2) is 21.9 Å². The molecule has 0 aromatic carbocycles. The van der Waals surface area contributed by atoms with Crippen molar-refractivity contribution in [1.82, 2.24) is 19.4 Å². The van der Waals surface area contributed by atoms with E-state index in [4.69, 9.17) is 0 Å². The monoisotopic (exact) mass is 348 g/mol. The molecule has 0 aliphatic carbocycles. The summed E-state index contributed by atoms with van der Waals surface area (Å²) >= 11 is 0. The zero-order valence-corrected chi connectivity index (χ0v) is 14.4. The number of carboxylic acids is 1. The number of carboxylic acid groups (broad SMARTS) is 1. The van der Waals surface area contributed by atoms with Gasteiger partial charge in [-0.2, -0.15) is 0 Å². The van der Waals surface area contributed by atoms with Crippen molar-refractivity contribution in [1.29, 1.82) is 0 Å². The molecular weight excluding hydrogens is 328 g/mol. The van der Waals surface area contributed by atoms with E-state index in [1.165, 1.54) is 30.9 Å². The fraction of sp³-hybridized carbons (Fsp3) is 0.438. The van der Waals surface area contributed by atoms with Crippen LogP contribution < -0.4 is 16.6 Å². The number of carbonyl (C=O) groups is 2. The molecule has 2 atom stereocenters. The Kier molecular flexibility index (Phi) is 5.05. The molecule has 2 heterocycles. The fourth-order valence-corrected chi connectivity index (χ4v) is 2.50. The maximum atomic E-state index is 12.4. The summed E-state index contributed by atoms with van der Waals surface area (Å²) in [6.45, 7) is 3.55. The van der Waals surface area contributed by atoms with Gasteiger partial charge in [0.2, 0.25) is 0 Å². The predicted octanol–water partition coefficient (Wildman–Crippen LogP) is -0.139. The van der Waals surface area contributed by atoms with Crippen LogP contribution in [0.1, 0.15) is 30.6 Å². The number of aryl methyl sites for hydroxylation is 1. The Morgan fingerprint density at radius 2 is 1.92 bits per heavy atom. The van der Waals surface area contributed by atoms with E-state index in [2.05, 4.69) is 10.3 Å². The van der Waals surface area contributed by atoms with Crippen LogP contribution in [0.25, 0.3) is 11.0 Å². The minimum absolute atomic E-state index is 0.0535. The van der Waals surface area contributed by atoms with Crippen LogP contribution in [-0.4, -0.2) is 37.1 Å². The predicted molar refractivity (Wildman–Crippen MR) is 90.6 cm³/mol. The summed E-state index contributed by atoms with van der Waals surface area (Å²) in [6.07, 6.45) is 1.79. The SMILES string of the molecule is CC[C@H](C)[C@H](NC(=O)c1cnc2c(c1)c(=O)n(C)c(=O)n2C)C(=O)O. The molecule has 0 spiro atoms. The van der Waals surface area contributed by atoms with Crippen LogP contribution in [0.4, 0.5) is 0 Å². The summed E-state index contributed by atoms with van der Waals surface area (Å²) in [4.78, 5) is 51.9. The lowest BCUT2D eigenvalue weighted by molar-refractivity contribution is -0.140. The Hall–Kier alpha value is -2.97. The van der Waals surface area contributed by atoms with Gasteiger partial charge < -0.3 is 10.4 Å².